The summed E-state index contributed by atoms with van der Waals surface area (Å²) in [5, 5.41) is 2.98. The van der Waals surface area contributed by atoms with Crippen LogP contribution in [0.3, 0.4) is 0 Å². The van der Waals surface area contributed by atoms with Crippen molar-refractivity contribution in [2.75, 3.05) is 33.9 Å². The van der Waals surface area contributed by atoms with Gasteiger partial charge in [0.2, 0.25) is 5.91 Å². The highest BCUT2D eigenvalue weighted by molar-refractivity contribution is 5.77. The van der Waals surface area contributed by atoms with Crippen LogP contribution in [0.15, 0.2) is 42.1 Å². The third-order valence-electron chi connectivity index (χ3n) is 8.51. The van der Waals surface area contributed by atoms with Crippen molar-refractivity contribution >= 4 is 11.9 Å². The molecule has 0 radical (unpaired) electrons. The number of benzene rings is 1. The van der Waals surface area contributed by atoms with Gasteiger partial charge in [0.05, 0.1) is 32.8 Å². The molecule has 8 nitrogen and oxygen atoms in total. The predicted octanol–water partition coefficient (Wildman–Crippen LogP) is 6.76. The second-order valence-electron chi connectivity index (χ2n) is 12.0. The minimum atomic E-state index is -0.246. The van der Waals surface area contributed by atoms with Crippen LogP contribution in [-0.2, 0) is 25.5 Å². The van der Waals surface area contributed by atoms with E-state index in [0.717, 1.165) is 75.2 Å². The van der Waals surface area contributed by atoms with E-state index in [4.69, 9.17) is 18.9 Å². The van der Waals surface area contributed by atoms with Crippen molar-refractivity contribution in [1.29, 1.82) is 0 Å². The van der Waals surface area contributed by atoms with Crippen LogP contribution in [0.5, 0.6) is 11.5 Å². The zero-order valence-corrected chi connectivity index (χ0v) is 27.8. The molecule has 1 aromatic rings. The van der Waals surface area contributed by atoms with Crippen molar-refractivity contribution in [3.05, 3.63) is 47.7 Å². The zero-order chi connectivity index (χ0) is 31.7. The number of esters is 1. The largest absolute Gasteiger partial charge is 0.493 e. The van der Waals surface area contributed by atoms with Crippen LogP contribution in [0.2, 0.25) is 0 Å². The van der Waals surface area contributed by atoms with Crippen LogP contribution < -0.4 is 14.8 Å². The molecule has 246 valence electrons. The first-order chi connectivity index (χ1) is 21.4. The van der Waals surface area contributed by atoms with Gasteiger partial charge in [0.1, 0.15) is 6.10 Å². The lowest BCUT2D eigenvalue weighted by molar-refractivity contribution is -0.152. The molecule has 44 heavy (non-hydrogen) atoms. The summed E-state index contributed by atoms with van der Waals surface area (Å²) in [4.78, 5) is 27.4. The summed E-state index contributed by atoms with van der Waals surface area (Å²) in [6, 6.07) is 6.39. The van der Waals surface area contributed by atoms with Crippen molar-refractivity contribution in [1.82, 2.24) is 10.2 Å². The van der Waals surface area contributed by atoms with E-state index in [0.29, 0.717) is 25.5 Å². The first-order valence-corrected chi connectivity index (χ1v) is 16.8. The molecule has 0 spiro atoms. The average Bonchev–Trinajstić information content (AvgIpc) is 3.53. The molecule has 2 unspecified atom stereocenters. The highest BCUT2D eigenvalue weighted by Crippen LogP contribution is 2.31. The fourth-order valence-corrected chi connectivity index (χ4v) is 6.17. The molecule has 4 atom stereocenters. The smallest absolute Gasteiger partial charge is 0.313 e. The number of likely N-dealkylation sites (tertiary alicyclic amines) is 1. The van der Waals surface area contributed by atoms with Gasteiger partial charge in [0, 0.05) is 31.2 Å². The van der Waals surface area contributed by atoms with Crippen LogP contribution in [-0.4, -0.2) is 68.9 Å². The number of carbonyl (C=O) groups is 2. The molecule has 0 bridgehead atoms. The van der Waals surface area contributed by atoms with Crippen LogP contribution in [0.25, 0.3) is 0 Å². The van der Waals surface area contributed by atoms with Crippen LogP contribution in [0.1, 0.15) is 97.0 Å². The molecular weight excluding hydrogens is 556 g/mol. The molecule has 1 aliphatic heterocycles. The lowest BCUT2D eigenvalue weighted by atomic mass is 9.91. The van der Waals surface area contributed by atoms with E-state index in [1.54, 1.807) is 14.2 Å². The molecule has 0 aromatic heterocycles. The van der Waals surface area contributed by atoms with Gasteiger partial charge >= 0.3 is 5.97 Å². The molecule has 1 aromatic carbocycles. The van der Waals surface area contributed by atoms with Crippen molar-refractivity contribution in [2.24, 2.45) is 5.92 Å². The summed E-state index contributed by atoms with van der Waals surface area (Å²) >= 11 is 0. The van der Waals surface area contributed by atoms with E-state index in [1.165, 1.54) is 24.8 Å². The lowest BCUT2D eigenvalue weighted by Crippen LogP contribution is -2.46. The Morgan fingerprint density at radius 3 is 2.50 bits per heavy atom. The summed E-state index contributed by atoms with van der Waals surface area (Å²) in [6.45, 7) is 8.47. The minimum Gasteiger partial charge on any atom is -0.493 e. The highest BCUT2D eigenvalue weighted by atomic mass is 16.5. The molecule has 8 heteroatoms. The Morgan fingerprint density at radius 1 is 0.977 bits per heavy atom. The lowest BCUT2D eigenvalue weighted by Gasteiger charge is -2.37. The zero-order valence-electron chi connectivity index (χ0n) is 27.8. The van der Waals surface area contributed by atoms with Crippen molar-refractivity contribution < 1.29 is 28.5 Å². The molecule has 3 aliphatic rings. The maximum Gasteiger partial charge on any atom is 0.313 e. The fourth-order valence-electron chi connectivity index (χ4n) is 6.17. The number of ether oxygens (including phenoxy) is 4. The Balaban J connectivity index is 0.00000169. The molecule has 1 N–H and O–H groups in total. The number of amides is 1. The van der Waals surface area contributed by atoms with E-state index in [9.17, 15) is 9.59 Å². The maximum absolute atomic E-state index is 13.1. The number of nitrogens with one attached hydrogen (secondary N) is 1. The highest BCUT2D eigenvalue weighted by Gasteiger charge is 2.37. The van der Waals surface area contributed by atoms with E-state index >= 15 is 0 Å². The summed E-state index contributed by atoms with van der Waals surface area (Å²) < 4.78 is 23.3. The number of allylic oxidation sites excluding steroid dienone is 3. The van der Waals surface area contributed by atoms with E-state index in [1.807, 2.05) is 25.1 Å². The Morgan fingerprint density at radius 2 is 1.75 bits per heavy atom. The molecular formula is C36H56N2O6. The Hall–Kier alpha value is -2.84. The van der Waals surface area contributed by atoms with Gasteiger partial charge in [-0.1, -0.05) is 64.3 Å². The molecule has 1 heterocycles. The number of hydrogen-bond donors (Lipinski definition) is 1. The second-order valence-corrected chi connectivity index (χ2v) is 12.0. The standard InChI is InChI=1S/C33H48N2O6.C3H8/c1-4-32(36)34-26-12-6-5-10-25(11-9-13-26)33(37)41-27-18-20-35(23-27)28-14-7-8-15-29(28)40-21-19-24-16-17-30(38-2)31(22-24)39-3;1-3-2/h5,10,13,16-17,22,25,27-29H,4,6-9,11-12,14-15,18-21,23H2,1-3H3,(H,34,36);3H2,1-2H3/b10-5-,26-13+;/t25?,27-,28-,29?;/m1./s1. The van der Waals surface area contributed by atoms with Crippen LogP contribution in [0.4, 0.5) is 0 Å². The van der Waals surface area contributed by atoms with Gasteiger partial charge in [-0.05, 0) is 69.1 Å². The summed E-state index contributed by atoms with van der Waals surface area (Å²) in [7, 11) is 3.30. The van der Waals surface area contributed by atoms with E-state index < -0.39 is 0 Å². The van der Waals surface area contributed by atoms with Gasteiger partial charge < -0.3 is 24.3 Å². The quantitative estimate of drug-likeness (QED) is 0.218. The normalized spacial score (nSPS) is 26.0. The first-order valence-electron chi connectivity index (χ1n) is 16.8. The average molecular weight is 613 g/mol. The summed E-state index contributed by atoms with van der Waals surface area (Å²) in [5.41, 5.74) is 2.12. The third kappa shape index (κ3) is 11.3. The molecule has 1 saturated heterocycles. The number of rotatable bonds is 11. The van der Waals surface area contributed by atoms with Crippen LogP contribution >= 0.6 is 0 Å². The van der Waals surface area contributed by atoms with Crippen molar-refractivity contribution in [3.63, 3.8) is 0 Å². The minimum absolute atomic E-state index is 0.0322. The maximum atomic E-state index is 13.1. The van der Waals surface area contributed by atoms with Crippen molar-refractivity contribution in [3.8, 4) is 11.5 Å². The number of nitrogens with zero attached hydrogens (tertiary/aromatic N) is 1. The van der Waals surface area contributed by atoms with Crippen molar-refractivity contribution in [2.45, 2.75) is 116 Å². The Labute approximate surface area is 265 Å². The molecule has 4 rings (SSSR count). The molecule has 1 amide bonds. The topological polar surface area (TPSA) is 86.3 Å². The monoisotopic (exact) mass is 612 g/mol. The molecule has 1 saturated carbocycles. The Bertz CT molecular complexity index is 1090. The van der Waals surface area contributed by atoms with Gasteiger partial charge in [-0.25, -0.2) is 0 Å². The SMILES string of the molecule is CCC.CCC(=O)N/C1=C/CCC(C(=O)O[C@@H]2CCN([C@@H]3CCCCC3OCCc3ccc(OC)c(OC)c3)C2)/C=C\CC1. The molecule has 2 aliphatic carbocycles. The van der Waals surface area contributed by atoms with Gasteiger partial charge in [0.25, 0.3) is 0 Å². The number of carbonyl (C=O) groups excluding carboxylic acids is 2. The van der Waals surface area contributed by atoms with E-state index in [2.05, 4.69) is 42.3 Å². The summed E-state index contributed by atoms with van der Waals surface area (Å²) in [6.07, 6.45) is 17.2. The van der Waals surface area contributed by atoms with Gasteiger partial charge in [-0.15, -0.1) is 0 Å². The van der Waals surface area contributed by atoms with Gasteiger partial charge in [-0.3, -0.25) is 14.5 Å². The van der Waals surface area contributed by atoms with Gasteiger partial charge in [0.15, 0.2) is 11.5 Å². The summed E-state index contributed by atoms with van der Waals surface area (Å²) in [5.74, 6) is 1.13. The molecule has 2 fully saturated rings. The number of methoxy groups -OCH3 is 2. The van der Waals surface area contributed by atoms with Crippen LogP contribution in [0, 0.1) is 5.92 Å². The predicted molar refractivity (Wildman–Crippen MR) is 175 cm³/mol. The first kappa shape index (κ1) is 35.6. The number of hydrogen-bond acceptors (Lipinski definition) is 7. The van der Waals surface area contributed by atoms with Gasteiger partial charge in [-0.2, -0.15) is 0 Å². The third-order valence-corrected chi connectivity index (χ3v) is 8.51. The van der Waals surface area contributed by atoms with E-state index in [-0.39, 0.29) is 30.0 Å². The Kier molecular flexibility index (Phi) is 15.8. The second kappa shape index (κ2) is 19.5. The fraction of sp³-hybridized carbons (Fsp3) is 0.667.